The van der Waals surface area contributed by atoms with Gasteiger partial charge in [-0.15, -0.1) is 0 Å². The second-order valence-electron chi connectivity index (χ2n) is 7.63. The molecule has 0 fully saturated rings. The van der Waals surface area contributed by atoms with Crippen LogP contribution < -0.4 is 5.56 Å². The van der Waals surface area contributed by atoms with Crippen molar-refractivity contribution in [1.82, 2.24) is 9.55 Å². The Labute approximate surface area is 163 Å². The molecule has 0 radical (unpaired) electrons. The lowest BCUT2D eigenvalue weighted by atomic mass is 9.85. The Morgan fingerprint density at radius 3 is 2.69 bits per heavy atom. The van der Waals surface area contributed by atoms with Gasteiger partial charge in [-0.2, -0.15) is 0 Å². The predicted octanol–water partition coefficient (Wildman–Crippen LogP) is 0.921. The summed E-state index contributed by atoms with van der Waals surface area (Å²) in [5.41, 5.74) is -1.39. The highest BCUT2D eigenvalue weighted by Gasteiger charge is 2.66. The van der Waals surface area contributed by atoms with Crippen LogP contribution in [0.15, 0.2) is 35.1 Å². The van der Waals surface area contributed by atoms with Gasteiger partial charge in [-0.1, -0.05) is 25.1 Å². The van der Waals surface area contributed by atoms with Gasteiger partial charge in [0.05, 0.1) is 29.0 Å². The van der Waals surface area contributed by atoms with E-state index in [1.165, 1.54) is 4.57 Å². The minimum absolute atomic E-state index is 0.0705. The Morgan fingerprint density at radius 2 is 1.93 bits per heavy atom. The first-order valence-electron chi connectivity index (χ1n) is 9.25. The van der Waals surface area contributed by atoms with E-state index in [1.807, 2.05) is 30.3 Å². The smallest absolute Gasteiger partial charge is 0.346 e. The summed E-state index contributed by atoms with van der Waals surface area (Å²) < 4.78 is 6.31. The number of aliphatic hydroxyl groups is 2. The van der Waals surface area contributed by atoms with Crippen LogP contribution in [-0.4, -0.2) is 31.5 Å². The molecule has 8 heteroatoms. The fourth-order valence-corrected chi connectivity index (χ4v) is 4.75. The van der Waals surface area contributed by atoms with Crippen molar-refractivity contribution in [2.45, 2.75) is 31.3 Å². The van der Waals surface area contributed by atoms with Gasteiger partial charge in [0.1, 0.15) is 5.56 Å². The molecule has 2 aromatic heterocycles. The van der Waals surface area contributed by atoms with Gasteiger partial charge in [0.2, 0.25) is 5.78 Å². The van der Waals surface area contributed by atoms with E-state index in [0.717, 1.165) is 10.9 Å². The molecule has 1 aliphatic carbocycles. The van der Waals surface area contributed by atoms with Gasteiger partial charge in [-0.3, -0.25) is 9.59 Å². The molecule has 4 bridgehead atoms. The van der Waals surface area contributed by atoms with Crippen LogP contribution in [0.4, 0.5) is 0 Å². The van der Waals surface area contributed by atoms with E-state index in [0.29, 0.717) is 11.2 Å². The number of aromatic nitrogens is 2. The topological polar surface area (TPSA) is 119 Å². The van der Waals surface area contributed by atoms with E-state index in [9.17, 15) is 24.6 Å². The summed E-state index contributed by atoms with van der Waals surface area (Å²) in [6.07, 6.45) is -0.115. The van der Waals surface area contributed by atoms with E-state index in [2.05, 4.69) is 4.98 Å². The molecule has 0 saturated carbocycles. The van der Waals surface area contributed by atoms with E-state index in [-0.39, 0.29) is 35.3 Å². The largest absolute Gasteiger partial charge is 0.418 e. The Morgan fingerprint density at radius 1 is 1.17 bits per heavy atom. The summed E-state index contributed by atoms with van der Waals surface area (Å²) in [5.74, 6) is -4.76. The monoisotopic (exact) mass is 390 g/mol. The van der Waals surface area contributed by atoms with Gasteiger partial charge in [0, 0.05) is 16.5 Å². The molecule has 1 unspecified atom stereocenters. The minimum Gasteiger partial charge on any atom is -0.418 e. The van der Waals surface area contributed by atoms with Crippen molar-refractivity contribution in [3.63, 3.8) is 0 Å². The van der Waals surface area contributed by atoms with Crippen LogP contribution >= 0.6 is 0 Å². The molecule has 2 aliphatic heterocycles. The Bertz CT molecular complexity index is 1390. The summed E-state index contributed by atoms with van der Waals surface area (Å²) in [6, 6.07) is 9.33. The SMILES string of the molecule is CC[C@@]1(O)C(=O)OC2(O)C(=O)c3c1c2c(=O)n1c3-c2nc3ccccc3cc2C1. The summed E-state index contributed by atoms with van der Waals surface area (Å²) in [5, 5.41) is 22.7. The van der Waals surface area contributed by atoms with Crippen LogP contribution in [0, 0.1) is 0 Å². The normalized spacial score (nSPS) is 25.9. The van der Waals surface area contributed by atoms with Crippen LogP contribution in [0.25, 0.3) is 22.3 Å². The number of hydrogen-bond acceptors (Lipinski definition) is 7. The Kier molecular flexibility index (Phi) is 2.74. The zero-order chi connectivity index (χ0) is 20.3. The number of carbonyl (C=O) groups excluding carboxylic acids is 2. The zero-order valence-corrected chi connectivity index (χ0v) is 15.2. The number of esters is 1. The molecule has 0 spiro atoms. The van der Waals surface area contributed by atoms with Crippen LogP contribution in [0.3, 0.4) is 0 Å². The van der Waals surface area contributed by atoms with Crippen molar-refractivity contribution in [3.05, 3.63) is 62.9 Å². The molecule has 2 N–H and O–H groups in total. The maximum Gasteiger partial charge on any atom is 0.346 e. The number of fused-ring (bicyclic) bond motifs is 5. The van der Waals surface area contributed by atoms with E-state index < -0.39 is 28.7 Å². The molecule has 8 nitrogen and oxygen atoms in total. The minimum atomic E-state index is -2.70. The van der Waals surface area contributed by atoms with Crippen LogP contribution in [0.1, 0.15) is 40.4 Å². The van der Waals surface area contributed by atoms with Gasteiger partial charge >= 0.3 is 11.8 Å². The molecule has 3 aliphatic rings. The van der Waals surface area contributed by atoms with Crippen LogP contribution in [0.2, 0.25) is 0 Å². The number of pyridine rings is 2. The first kappa shape index (κ1) is 16.6. The van der Waals surface area contributed by atoms with Crippen molar-refractivity contribution in [2.75, 3.05) is 0 Å². The average Bonchev–Trinajstić information content (AvgIpc) is 3.14. The fraction of sp³-hybridized carbons (Fsp3) is 0.238. The number of rotatable bonds is 1. The van der Waals surface area contributed by atoms with E-state index in [4.69, 9.17) is 4.74 Å². The standard InChI is InChI=1S/C21H14N2O6/c1-2-20(27)13-12-16-15-10(7-9-5-3-4-6-11(9)22-15)8-23(16)18(25)14(13)21(28,17(12)24)29-19(20)26/h3-7,27-28H,2,8H2,1H3/t20-,21?/m0/s1. The first-order chi connectivity index (χ1) is 13.8. The summed E-state index contributed by atoms with van der Waals surface area (Å²) in [6.45, 7) is 1.71. The van der Waals surface area contributed by atoms with Gasteiger partial charge in [0.15, 0.2) is 5.60 Å². The fourth-order valence-electron chi connectivity index (χ4n) is 4.75. The molecule has 6 rings (SSSR count). The molecule has 3 aromatic rings. The average molecular weight is 390 g/mol. The maximum absolute atomic E-state index is 13.3. The summed E-state index contributed by atoms with van der Waals surface area (Å²) in [4.78, 5) is 43.5. The molecule has 0 saturated heterocycles. The number of ether oxygens (including phenoxy) is 1. The zero-order valence-electron chi connectivity index (χ0n) is 15.2. The first-order valence-corrected chi connectivity index (χ1v) is 9.25. The second-order valence-corrected chi connectivity index (χ2v) is 7.63. The molecular weight excluding hydrogens is 376 g/mol. The number of ketones is 1. The highest BCUT2D eigenvalue weighted by molar-refractivity contribution is 6.15. The van der Waals surface area contributed by atoms with Gasteiger partial charge in [-0.25, -0.2) is 9.78 Å². The lowest BCUT2D eigenvalue weighted by molar-refractivity contribution is -0.219. The van der Waals surface area contributed by atoms with Crippen LogP contribution in [-0.2, 0) is 27.5 Å². The van der Waals surface area contributed by atoms with Crippen LogP contribution in [0.5, 0.6) is 0 Å². The van der Waals surface area contributed by atoms with Gasteiger partial charge in [-0.05, 0) is 18.6 Å². The third-order valence-corrected chi connectivity index (χ3v) is 6.20. The third-order valence-electron chi connectivity index (χ3n) is 6.20. The number of carbonyl (C=O) groups is 2. The quantitative estimate of drug-likeness (QED) is 0.464. The van der Waals surface area contributed by atoms with E-state index >= 15 is 0 Å². The summed E-state index contributed by atoms with van der Waals surface area (Å²) in [7, 11) is 0. The lowest BCUT2D eigenvalue weighted by Crippen LogP contribution is -2.51. The molecule has 2 atom stereocenters. The van der Waals surface area contributed by atoms with Crippen molar-refractivity contribution in [2.24, 2.45) is 0 Å². The molecule has 1 aromatic carbocycles. The van der Waals surface area contributed by atoms with Gasteiger partial charge in [0.25, 0.3) is 5.56 Å². The van der Waals surface area contributed by atoms with Crippen molar-refractivity contribution < 1.29 is 24.5 Å². The highest BCUT2D eigenvalue weighted by atomic mass is 16.7. The lowest BCUT2D eigenvalue weighted by Gasteiger charge is -2.34. The Balaban J connectivity index is 1.78. The number of hydrogen-bond donors (Lipinski definition) is 2. The number of nitrogens with zero attached hydrogens (tertiary/aromatic N) is 2. The van der Waals surface area contributed by atoms with Gasteiger partial charge < -0.3 is 19.5 Å². The molecule has 0 amide bonds. The maximum atomic E-state index is 13.3. The van der Waals surface area contributed by atoms with Crippen molar-refractivity contribution in [1.29, 1.82) is 0 Å². The third kappa shape index (κ3) is 1.64. The number of benzene rings is 1. The highest BCUT2D eigenvalue weighted by Crippen LogP contribution is 2.52. The Hall–Kier alpha value is -3.36. The van der Waals surface area contributed by atoms with Crippen molar-refractivity contribution >= 4 is 22.7 Å². The predicted molar refractivity (Wildman–Crippen MR) is 99.0 cm³/mol. The molecular formula is C21H14N2O6. The second kappa shape index (κ2) is 4.79. The van der Waals surface area contributed by atoms with Crippen molar-refractivity contribution in [3.8, 4) is 11.4 Å². The number of Topliss-reactive ketones (excluding diaryl/α,β-unsaturated/α-hetero) is 1. The molecule has 144 valence electrons. The van der Waals surface area contributed by atoms with E-state index in [1.54, 1.807) is 6.92 Å². The molecule has 29 heavy (non-hydrogen) atoms. The number of para-hydroxylation sites is 1. The molecule has 4 heterocycles. The summed E-state index contributed by atoms with van der Waals surface area (Å²) >= 11 is 0.